The van der Waals surface area contributed by atoms with E-state index in [9.17, 15) is 20.1 Å². The van der Waals surface area contributed by atoms with Gasteiger partial charge in [0.05, 0.1) is 18.7 Å². The van der Waals surface area contributed by atoms with Gasteiger partial charge in [-0.15, -0.1) is 0 Å². The summed E-state index contributed by atoms with van der Waals surface area (Å²) in [7, 11) is -1.03. The second-order valence-corrected chi connectivity index (χ2v) is 6.54. The van der Waals surface area contributed by atoms with E-state index in [1.807, 2.05) is 0 Å². The van der Waals surface area contributed by atoms with Crippen molar-refractivity contribution in [3.05, 3.63) is 47.5 Å². The first-order valence-corrected chi connectivity index (χ1v) is 8.69. The van der Waals surface area contributed by atoms with Crippen molar-refractivity contribution in [1.29, 1.82) is 0 Å². The Labute approximate surface area is 160 Å². The first-order chi connectivity index (χ1) is 13.6. The molecule has 0 spiro atoms. The largest absolute Gasteiger partial charge is 0.535 e. The predicted octanol–water partition coefficient (Wildman–Crippen LogP) is 0.489. The first-order valence-electron chi connectivity index (χ1n) is 8.69. The molecule has 0 radical (unpaired) electrons. The van der Waals surface area contributed by atoms with Gasteiger partial charge in [0.25, 0.3) is 0 Å². The molecule has 0 atom stereocenters. The normalized spacial score (nSPS) is 16.8. The molecule has 3 heterocycles. The van der Waals surface area contributed by atoms with Crippen LogP contribution in [0, 0.1) is 0 Å². The van der Waals surface area contributed by atoms with Gasteiger partial charge in [-0.3, -0.25) is 0 Å². The highest BCUT2D eigenvalue weighted by Crippen LogP contribution is 2.37. The quantitative estimate of drug-likeness (QED) is 0.226. The van der Waals surface area contributed by atoms with Gasteiger partial charge in [0.1, 0.15) is 29.5 Å². The van der Waals surface area contributed by atoms with Gasteiger partial charge in [0, 0.05) is 12.4 Å². The molecule has 144 valence electrons. The van der Waals surface area contributed by atoms with E-state index in [0.717, 1.165) is 5.56 Å². The maximum absolute atomic E-state index is 11.8. The molecule has 1 fully saturated rings. The minimum Gasteiger partial charge on any atom is -0.535 e. The molecular weight excluding hydrogens is 367 g/mol. The smallest absolute Gasteiger partial charge is 0.522 e. The zero-order valence-corrected chi connectivity index (χ0v) is 14.7. The zero-order chi connectivity index (χ0) is 19.7. The molecule has 2 aromatic rings. The van der Waals surface area contributed by atoms with Crippen LogP contribution in [0.15, 0.2) is 36.0 Å². The van der Waals surface area contributed by atoms with Crippen LogP contribution in [0.4, 0.5) is 0 Å². The van der Waals surface area contributed by atoms with Gasteiger partial charge in [-0.25, -0.2) is 14.8 Å². The molecule has 11 heteroatoms. The standard InChI is InChI=1S/C17H17BN4O6/c23-17(24)14-13(2-1-10-3-4-18(25)28-15(10)14)27-12-7-22(8-12)16(21-26)11-5-19-9-20-6-11/h1-2,5-6,9,12,25-26H,3-4,7-8H2,(H,23,24). The Balaban J connectivity index is 1.49. The summed E-state index contributed by atoms with van der Waals surface area (Å²) in [5.74, 6) is -0.540. The van der Waals surface area contributed by atoms with Crippen molar-refractivity contribution < 1.29 is 29.5 Å². The maximum Gasteiger partial charge on any atom is 0.522 e. The number of hydrogen-bond acceptors (Lipinski definition) is 8. The number of rotatable bonds is 4. The second-order valence-electron chi connectivity index (χ2n) is 6.54. The Morgan fingerprint density at radius 3 is 2.75 bits per heavy atom. The Bertz CT molecular complexity index is 919. The number of carboxylic acid groups (broad SMARTS) is 1. The molecule has 1 saturated heterocycles. The van der Waals surface area contributed by atoms with Crippen LogP contribution in [0.1, 0.15) is 21.5 Å². The molecule has 2 aliphatic rings. The molecule has 1 aromatic heterocycles. The minimum absolute atomic E-state index is 0.0952. The van der Waals surface area contributed by atoms with Crippen LogP contribution < -0.4 is 9.39 Å². The number of nitrogens with zero attached hydrogens (tertiary/aromatic N) is 4. The van der Waals surface area contributed by atoms with E-state index in [2.05, 4.69) is 15.1 Å². The number of aromatic nitrogens is 2. The number of carboxylic acids is 1. The number of benzene rings is 1. The molecule has 28 heavy (non-hydrogen) atoms. The monoisotopic (exact) mass is 384 g/mol. The van der Waals surface area contributed by atoms with Crippen molar-refractivity contribution in [1.82, 2.24) is 14.9 Å². The number of fused-ring (bicyclic) bond motifs is 1. The first kappa shape index (κ1) is 18.0. The summed E-state index contributed by atoms with van der Waals surface area (Å²) < 4.78 is 11.2. The zero-order valence-electron chi connectivity index (χ0n) is 14.7. The molecule has 0 saturated carbocycles. The Morgan fingerprint density at radius 2 is 2.07 bits per heavy atom. The summed E-state index contributed by atoms with van der Waals surface area (Å²) in [5.41, 5.74) is 1.19. The van der Waals surface area contributed by atoms with E-state index < -0.39 is 13.1 Å². The van der Waals surface area contributed by atoms with Crippen LogP contribution in [0.3, 0.4) is 0 Å². The molecule has 2 aliphatic heterocycles. The van der Waals surface area contributed by atoms with Gasteiger partial charge in [0.15, 0.2) is 5.84 Å². The van der Waals surface area contributed by atoms with Crippen molar-refractivity contribution in [2.24, 2.45) is 5.16 Å². The average Bonchev–Trinajstić information content (AvgIpc) is 2.66. The van der Waals surface area contributed by atoms with Gasteiger partial charge >= 0.3 is 13.1 Å². The SMILES string of the molecule is O=C(O)c1c(OC2CN(C(=NO)c3cncnc3)C2)ccc2c1OB(O)CC2. The Kier molecular flexibility index (Phi) is 4.74. The number of aryl methyl sites for hydroxylation is 1. The summed E-state index contributed by atoms with van der Waals surface area (Å²) in [6.45, 7) is 0.793. The molecule has 1 aromatic carbocycles. The predicted molar refractivity (Wildman–Crippen MR) is 96.9 cm³/mol. The van der Waals surface area contributed by atoms with Gasteiger partial charge in [-0.1, -0.05) is 11.2 Å². The van der Waals surface area contributed by atoms with Crippen LogP contribution in [0.5, 0.6) is 11.5 Å². The summed E-state index contributed by atoms with van der Waals surface area (Å²) in [6, 6.07) is 3.36. The van der Waals surface area contributed by atoms with Crippen molar-refractivity contribution in [2.45, 2.75) is 18.8 Å². The molecule has 0 aliphatic carbocycles. The second kappa shape index (κ2) is 7.35. The van der Waals surface area contributed by atoms with Crippen LogP contribution >= 0.6 is 0 Å². The summed E-state index contributed by atoms with van der Waals surface area (Å²) >= 11 is 0. The van der Waals surface area contributed by atoms with E-state index in [1.165, 1.54) is 18.7 Å². The van der Waals surface area contributed by atoms with E-state index in [0.29, 0.717) is 37.2 Å². The highest BCUT2D eigenvalue weighted by molar-refractivity contribution is 6.44. The third-order valence-corrected chi connectivity index (χ3v) is 4.68. The van der Waals surface area contributed by atoms with Crippen molar-refractivity contribution in [2.75, 3.05) is 13.1 Å². The molecular formula is C17H17BN4O6. The highest BCUT2D eigenvalue weighted by Gasteiger charge is 2.35. The number of carbonyl (C=O) groups is 1. The van der Waals surface area contributed by atoms with Gasteiger partial charge in [-0.2, -0.15) is 0 Å². The van der Waals surface area contributed by atoms with E-state index >= 15 is 0 Å². The van der Waals surface area contributed by atoms with Crippen molar-refractivity contribution in [3.63, 3.8) is 0 Å². The van der Waals surface area contributed by atoms with E-state index in [1.54, 1.807) is 17.0 Å². The van der Waals surface area contributed by atoms with Gasteiger partial charge in [-0.05, 0) is 24.4 Å². The third kappa shape index (κ3) is 3.31. The number of amidine groups is 1. The number of ether oxygens (including phenoxy) is 1. The van der Waals surface area contributed by atoms with Crippen LogP contribution in [-0.2, 0) is 6.42 Å². The van der Waals surface area contributed by atoms with Gasteiger partial charge < -0.3 is 29.6 Å². The number of aromatic carboxylic acids is 1. The lowest BCUT2D eigenvalue weighted by molar-refractivity contribution is 0.0588. The average molecular weight is 384 g/mol. The lowest BCUT2D eigenvalue weighted by Crippen LogP contribution is -2.56. The van der Waals surface area contributed by atoms with Crippen molar-refractivity contribution >= 4 is 18.9 Å². The topological polar surface area (TPSA) is 138 Å². The fourth-order valence-corrected chi connectivity index (χ4v) is 3.30. The van der Waals surface area contributed by atoms with Gasteiger partial charge in [0.2, 0.25) is 0 Å². The Morgan fingerprint density at radius 1 is 1.32 bits per heavy atom. The lowest BCUT2D eigenvalue weighted by Gasteiger charge is -2.40. The molecule has 3 N–H and O–H groups in total. The summed E-state index contributed by atoms with van der Waals surface area (Å²) in [4.78, 5) is 21.3. The van der Waals surface area contributed by atoms with Crippen molar-refractivity contribution in [3.8, 4) is 11.5 Å². The number of oxime groups is 1. The number of hydrogen-bond donors (Lipinski definition) is 3. The number of likely N-dealkylation sites (tertiary alicyclic amines) is 1. The molecule has 0 amide bonds. The molecule has 0 unspecified atom stereocenters. The van der Waals surface area contributed by atoms with E-state index in [4.69, 9.17) is 9.39 Å². The van der Waals surface area contributed by atoms with Crippen LogP contribution in [-0.4, -0.2) is 68.3 Å². The third-order valence-electron chi connectivity index (χ3n) is 4.68. The fraction of sp³-hybridized carbons (Fsp3) is 0.294. The maximum atomic E-state index is 11.8. The highest BCUT2D eigenvalue weighted by atomic mass is 16.5. The molecule has 0 bridgehead atoms. The molecule has 10 nitrogen and oxygen atoms in total. The summed E-state index contributed by atoms with van der Waals surface area (Å²) in [5, 5.41) is 31.9. The fourth-order valence-electron chi connectivity index (χ4n) is 3.30. The molecule has 4 rings (SSSR count). The Hall–Kier alpha value is -3.34. The van der Waals surface area contributed by atoms with Crippen LogP contribution in [0.2, 0.25) is 6.32 Å². The summed E-state index contributed by atoms with van der Waals surface area (Å²) in [6.07, 6.45) is 5.09. The lowest BCUT2D eigenvalue weighted by atomic mass is 9.78. The van der Waals surface area contributed by atoms with Crippen LogP contribution in [0.25, 0.3) is 0 Å². The minimum atomic E-state index is -1.18. The van der Waals surface area contributed by atoms with E-state index in [-0.39, 0.29) is 23.2 Å².